The molecular weight excluding hydrogens is 295 g/mol. The first-order valence-corrected chi connectivity index (χ1v) is 6.85. The minimum absolute atomic E-state index is 0.148. The third-order valence-corrected chi connectivity index (χ3v) is 3.32. The molecular formula is C12H15ClF3N3O. The molecule has 0 radical (unpaired) electrons. The highest BCUT2D eigenvalue weighted by molar-refractivity contribution is 6.27. The Morgan fingerprint density at radius 3 is 2.75 bits per heavy atom. The summed E-state index contributed by atoms with van der Waals surface area (Å²) in [7, 11) is 0. The van der Waals surface area contributed by atoms with E-state index in [4.69, 9.17) is 11.6 Å². The number of nitrogens with one attached hydrogen (secondary N) is 1. The molecule has 0 aliphatic heterocycles. The van der Waals surface area contributed by atoms with E-state index in [1.165, 1.54) is 4.68 Å². The van der Waals surface area contributed by atoms with E-state index in [0.717, 1.165) is 18.9 Å². The second kappa shape index (κ2) is 5.63. The normalized spacial score (nSPS) is 17.1. The van der Waals surface area contributed by atoms with Crippen molar-refractivity contribution in [2.75, 3.05) is 5.88 Å². The van der Waals surface area contributed by atoms with Crippen molar-refractivity contribution in [1.82, 2.24) is 15.1 Å². The Labute approximate surface area is 119 Å². The van der Waals surface area contributed by atoms with E-state index in [2.05, 4.69) is 10.4 Å². The van der Waals surface area contributed by atoms with Crippen LogP contribution in [0, 0.1) is 0 Å². The molecule has 8 heteroatoms. The lowest BCUT2D eigenvalue weighted by Gasteiger charge is -2.15. The Hall–Kier alpha value is -1.24. The highest BCUT2D eigenvalue weighted by Gasteiger charge is 2.37. The molecule has 0 bridgehead atoms. The number of aromatic nitrogens is 2. The number of amides is 1. The lowest BCUT2D eigenvalue weighted by Crippen LogP contribution is -2.37. The largest absolute Gasteiger partial charge is 0.435 e. The topological polar surface area (TPSA) is 46.9 Å². The number of nitrogens with zero attached hydrogens (tertiary/aromatic N) is 2. The van der Waals surface area contributed by atoms with E-state index < -0.39 is 11.9 Å². The van der Waals surface area contributed by atoms with E-state index in [9.17, 15) is 18.0 Å². The maximum Gasteiger partial charge on any atom is 0.435 e. The number of rotatable bonds is 5. The molecule has 1 fully saturated rings. The van der Waals surface area contributed by atoms with Gasteiger partial charge < -0.3 is 5.32 Å². The van der Waals surface area contributed by atoms with Gasteiger partial charge in [0.25, 0.3) is 0 Å². The van der Waals surface area contributed by atoms with E-state index in [0.29, 0.717) is 5.69 Å². The van der Waals surface area contributed by atoms with Gasteiger partial charge >= 0.3 is 6.18 Å². The summed E-state index contributed by atoms with van der Waals surface area (Å²) >= 11 is 5.37. The molecule has 1 aliphatic carbocycles. The Morgan fingerprint density at radius 1 is 1.60 bits per heavy atom. The van der Waals surface area contributed by atoms with Crippen molar-refractivity contribution < 1.29 is 18.0 Å². The van der Waals surface area contributed by atoms with Crippen LogP contribution in [-0.2, 0) is 17.5 Å². The van der Waals surface area contributed by atoms with Gasteiger partial charge in [-0.05, 0) is 25.8 Å². The fraction of sp³-hybridized carbons (Fsp3) is 0.667. The Morgan fingerprint density at radius 2 is 2.25 bits per heavy atom. The van der Waals surface area contributed by atoms with Crippen LogP contribution >= 0.6 is 11.6 Å². The molecule has 2 rings (SSSR count). The molecule has 0 spiro atoms. The molecule has 1 amide bonds. The zero-order valence-electron chi connectivity index (χ0n) is 10.9. The maximum atomic E-state index is 12.7. The molecule has 1 heterocycles. The number of carbonyl (C=O) groups is 1. The summed E-state index contributed by atoms with van der Waals surface area (Å²) in [5.41, 5.74) is -0.292. The number of hydrogen-bond acceptors (Lipinski definition) is 2. The molecule has 4 nitrogen and oxygen atoms in total. The molecule has 1 aliphatic rings. The predicted octanol–water partition coefficient (Wildman–Crippen LogP) is 2.52. The van der Waals surface area contributed by atoms with Crippen LogP contribution in [0.5, 0.6) is 0 Å². The van der Waals surface area contributed by atoms with Crippen molar-refractivity contribution in [2.24, 2.45) is 0 Å². The zero-order valence-corrected chi connectivity index (χ0v) is 11.6. The summed E-state index contributed by atoms with van der Waals surface area (Å²) in [6, 6.07) is 0.771. The third-order valence-electron chi connectivity index (χ3n) is 3.07. The van der Waals surface area contributed by atoms with Crippen LogP contribution in [0.2, 0.25) is 0 Å². The van der Waals surface area contributed by atoms with Crippen LogP contribution < -0.4 is 5.32 Å². The molecule has 1 unspecified atom stereocenters. The highest BCUT2D eigenvalue weighted by atomic mass is 35.5. The van der Waals surface area contributed by atoms with Crippen LogP contribution in [0.1, 0.15) is 37.1 Å². The SMILES string of the molecule is CC(Cn1nc(C(F)(F)F)cc1C1CC1)NC(=O)CCl. The minimum atomic E-state index is -4.45. The average Bonchev–Trinajstić information content (AvgIpc) is 3.09. The molecule has 0 saturated heterocycles. The first-order valence-electron chi connectivity index (χ1n) is 6.31. The van der Waals surface area contributed by atoms with Crippen molar-refractivity contribution in [3.63, 3.8) is 0 Å². The van der Waals surface area contributed by atoms with Gasteiger partial charge in [0.2, 0.25) is 5.91 Å². The molecule has 1 aromatic heterocycles. The standard InChI is InChI=1S/C12H15ClF3N3O/c1-7(17-11(20)5-13)6-19-9(8-2-3-8)4-10(18-19)12(14,15)16/h4,7-8H,2-3,5-6H2,1H3,(H,17,20). The minimum Gasteiger partial charge on any atom is -0.351 e. The van der Waals surface area contributed by atoms with Crippen LogP contribution in [-0.4, -0.2) is 27.6 Å². The summed E-state index contributed by atoms with van der Waals surface area (Å²) in [5, 5.41) is 6.22. The summed E-state index contributed by atoms with van der Waals surface area (Å²) in [4.78, 5) is 11.2. The molecule has 0 aromatic carbocycles. The van der Waals surface area contributed by atoms with Crippen LogP contribution in [0.3, 0.4) is 0 Å². The van der Waals surface area contributed by atoms with Gasteiger partial charge in [-0.1, -0.05) is 0 Å². The molecule has 1 N–H and O–H groups in total. The van der Waals surface area contributed by atoms with Gasteiger partial charge in [-0.25, -0.2) is 0 Å². The summed E-state index contributed by atoms with van der Waals surface area (Å²) in [6.07, 6.45) is -2.69. The van der Waals surface area contributed by atoms with Crippen LogP contribution in [0.4, 0.5) is 13.2 Å². The Balaban J connectivity index is 2.13. The lowest BCUT2D eigenvalue weighted by atomic mass is 10.2. The molecule has 1 aromatic rings. The van der Waals surface area contributed by atoms with Crippen molar-refractivity contribution in [1.29, 1.82) is 0 Å². The van der Waals surface area contributed by atoms with Gasteiger partial charge in [0.15, 0.2) is 5.69 Å². The van der Waals surface area contributed by atoms with Crippen LogP contribution in [0.25, 0.3) is 0 Å². The van der Waals surface area contributed by atoms with Gasteiger partial charge in [0, 0.05) is 17.7 Å². The van der Waals surface area contributed by atoms with E-state index in [1.807, 2.05) is 0 Å². The average molecular weight is 310 g/mol. The molecule has 112 valence electrons. The maximum absolute atomic E-state index is 12.7. The molecule has 20 heavy (non-hydrogen) atoms. The molecule has 1 atom stereocenters. The van der Waals surface area contributed by atoms with E-state index in [1.54, 1.807) is 6.92 Å². The van der Waals surface area contributed by atoms with Gasteiger partial charge in [0.1, 0.15) is 5.88 Å². The van der Waals surface area contributed by atoms with Crippen LogP contribution in [0.15, 0.2) is 6.07 Å². The van der Waals surface area contributed by atoms with Gasteiger partial charge in [-0.2, -0.15) is 18.3 Å². The number of carbonyl (C=O) groups excluding carboxylic acids is 1. The first-order chi connectivity index (χ1) is 9.31. The van der Waals surface area contributed by atoms with Crippen molar-refractivity contribution in [3.05, 3.63) is 17.5 Å². The fourth-order valence-corrected chi connectivity index (χ4v) is 2.12. The van der Waals surface area contributed by atoms with E-state index >= 15 is 0 Å². The van der Waals surface area contributed by atoms with Crippen molar-refractivity contribution in [2.45, 2.75) is 44.4 Å². The predicted molar refractivity (Wildman–Crippen MR) is 67.5 cm³/mol. The monoisotopic (exact) mass is 309 g/mol. The Bertz CT molecular complexity index is 497. The second-order valence-electron chi connectivity index (χ2n) is 5.01. The molecule has 1 saturated carbocycles. The highest BCUT2D eigenvalue weighted by Crippen LogP contribution is 2.42. The van der Waals surface area contributed by atoms with Gasteiger partial charge in [0.05, 0.1) is 6.54 Å². The fourth-order valence-electron chi connectivity index (χ4n) is 2.04. The van der Waals surface area contributed by atoms with Gasteiger partial charge in [-0.15, -0.1) is 11.6 Å². The number of hydrogen-bond donors (Lipinski definition) is 1. The lowest BCUT2D eigenvalue weighted by molar-refractivity contribution is -0.141. The van der Waals surface area contributed by atoms with E-state index in [-0.39, 0.29) is 30.3 Å². The third kappa shape index (κ3) is 3.65. The summed E-state index contributed by atoms with van der Waals surface area (Å²) in [5.74, 6) is -0.378. The van der Waals surface area contributed by atoms with Gasteiger partial charge in [-0.3, -0.25) is 9.48 Å². The summed E-state index contributed by atoms with van der Waals surface area (Å²) < 4.78 is 39.5. The quantitative estimate of drug-likeness (QED) is 0.850. The number of alkyl halides is 4. The second-order valence-corrected chi connectivity index (χ2v) is 5.28. The number of halogens is 4. The smallest absolute Gasteiger partial charge is 0.351 e. The summed E-state index contributed by atoms with van der Waals surface area (Å²) in [6.45, 7) is 1.90. The zero-order chi connectivity index (χ0) is 14.9. The first kappa shape index (κ1) is 15.2. The van der Waals surface area contributed by atoms with Crippen molar-refractivity contribution in [3.8, 4) is 0 Å². The van der Waals surface area contributed by atoms with Crippen molar-refractivity contribution >= 4 is 17.5 Å². The Kier molecular flexibility index (Phi) is 4.27.